The molecule has 0 atom stereocenters. The second-order valence-electron chi connectivity index (χ2n) is 5.22. The summed E-state index contributed by atoms with van der Waals surface area (Å²) in [6, 6.07) is 9.32. The third-order valence-corrected chi connectivity index (χ3v) is 4.66. The summed E-state index contributed by atoms with van der Waals surface area (Å²) >= 11 is 6.61. The monoisotopic (exact) mass is 413 g/mol. The van der Waals surface area contributed by atoms with Crippen LogP contribution in [0, 0.1) is 5.82 Å². The van der Waals surface area contributed by atoms with Crippen molar-refractivity contribution in [2.24, 2.45) is 0 Å². The van der Waals surface area contributed by atoms with Crippen molar-refractivity contribution in [3.8, 4) is 5.75 Å². The van der Waals surface area contributed by atoms with E-state index >= 15 is 0 Å². The second-order valence-corrected chi connectivity index (χ2v) is 6.63. The first-order chi connectivity index (χ1) is 12.8. The van der Waals surface area contributed by atoms with E-state index < -0.39 is 18.2 Å². The van der Waals surface area contributed by atoms with Crippen LogP contribution in [0.15, 0.2) is 42.5 Å². The Kier molecular flexibility index (Phi) is 5.52. The molecule has 0 unspecified atom stereocenters. The number of alkyl halides is 2. The van der Waals surface area contributed by atoms with Crippen LogP contribution in [0.1, 0.15) is 15.2 Å². The maximum atomic E-state index is 13.5. The number of nitrogens with one attached hydrogen (secondary N) is 1. The summed E-state index contributed by atoms with van der Waals surface area (Å²) < 4.78 is 42.1. The molecular weight excluding hydrogens is 403 g/mol. The molecule has 1 heterocycles. The Hall–Kier alpha value is -2.78. The minimum atomic E-state index is -2.95. The summed E-state index contributed by atoms with van der Waals surface area (Å²) in [6.07, 6.45) is 0. The maximum Gasteiger partial charge on any atom is 0.387 e. The highest BCUT2D eigenvalue weighted by Crippen LogP contribution is 2.31. The Balaban J connectivity index is 1.78. The molecule has 1 aromatic heterocycles. The molecule has 0 spiro atoms. The van der Waals surface area contributed by atoms with Crippen LogP contribution in [-0.2, 0) is 0 Å². The van der Waals surface area contributed by atoms with Crippen molar-refractivity contribution in [2.45, 2.75) is 6.61 Å². The predicted molar refractivity (Wildman–Crippen MR) is 97.7 cm³/mol. The van der Waals surface area contributed by atoms with E-state index in [0.717, 1.165) is 11.3 Å². The first-order valence-corrected chi connectivity index (χ1v) is 8.61. The number of hydrogen-bond acceptors (Lipinski definition) is 6. The zero-order valence-electron chi connectivity index (χ0n) is 13.4. The molecular formula is C17H11ClF3N3O2S. The smallest absolute Gasteiger partial charge is 0.387 e. The van der Waals surface area contributed by atoms with Gasteiger partial charge in [0, 0.05) is 11.3 Å². The molecule has 3 aromatic rings. The van der Waals surface area contributed by atoms with Gasteiger partial charge in [-0.15, -0.1) is 0 Å². The third-order valence-electron chi connectivity index (χ3n) is 3.37. The lowest BCUT2D eigenvalue weighted by molar-refractivity contribution is -0.0498. The number of benzene rings is 2. The highest BCUT2D eigenvalue weighted by molar-refractivity contribution is 7.18. The molecule has 140 valence electrons. The van der Waals surface area contributed by atoms with E-state index in [1.807, 2.05) is 0 Å². The molecule has 0 bridgehead atoms. The Morgan fingerprint density at radius 2 is 1.93 bits per heavy atom. The number of hydrogen-bond donors (Lipinski definition) is 2. The minimum Gasteiger partial charge on any atom is -0.435 e. The number of ether oxygens (including phenoxy) is 1. The fourth-order valence-corrected chi connectivity index (χ4v) is 3.15. The van der Waals surface area contributed by atoms with E-state index in [2.05, 4.69) is 15.0 Å². The van der Waals surface area contributed by atoms with Crippen molar-refractivity contribution < 1.29 is 22.7 Å². The number of carbonyl (C=O) groups excluding carboxylic acids is 1. The van der Waals surface area contributed by atoms with Gasteiger partial charge in [-0.2, -0.15) is 8.78 Å². The van der Waals surface area contributed by atoms with E-state index in [9.17, 15) is 18.0 Å². The highest BCUT2D eigenvalue weighted by atomic mass is 35.5. The van der Waals surface area contributed by atoms with Crippen LogP contribution in [-0.4, -0.2) is 17.4 Å². The van der Waals surface area contributed by atoms with Gasteiger partial charge in [-0.05, 0) is 42.5 Å². The minimum absolute atomic E-state index is 0.00478. The van der Waals surface area contributed by atoms with Gasteiger partial charge in [-0.1, -0.05) is 22.9 Å². The van der Waals surface area contributed by atoms with Crippen LogP contribution in [0.3, 0.4) is 0 Å². The van der Waals surface area contributed by atoms with E-state index in [1.54, 1.807) is 6.07 Å². The van der Waals surface area contributed by atoms with Gasteiger partial charge in [-0.25, -0.2) is 9.37 Å². The number of carbonyl (C=O) groups is 1. The summed E-state index contributed by atoms with van der Waals surface area (Å²) in [6.45, 7) is -2.95. The van der Waals surface area contributed by atoms with Gasteiger partial charge in [0.15, 0.2) is 5.13 Å². The van der Waals surface area contributed by atoms with Crippen molar-refractivity contribution in [3.63, 3.8) is 0 Å². The van der Waals surface area contributed by atoms with Gasteiger partial charge < -0.3 is 15.8 Å². The number of halogens is 4. The zero-order chi connectivity index (χ0) is 19.6. The van der Waals surface area contributed by atoms with E-state index in [1.165, 1.54) is 36.4 Å². The van der Waals surface area contributed by atoms with Gasteiger partial charge in [0.2, 0.25) is 5.78 Å². The molecule has 0 amide bonds. The Morgan fingerprint density at radius 3 is 2.56 bits per heavy atom. The lowest BCUT2D eigenvalue weighted by atomic mass is 10.1. The van der Waals surface area contributed by atoms with E-state index in [4.69, 9.17) is 17.3 Å². The summed E-state index contributed by atoms with van der Waals surface area (Å²) in [4.78, 5) is 16.8. The van der Waals surface area contributed by atoms with Gasteiger partial charge in [-0.3, -0.25) is 4.79 Å². The Bertz CT molecular complexity index is 980. The second kappa shape index (κ2) is 7.85. The normalized spacial score (nSPS) is 10.9. The number of ketones is 1. The lowest BCUT2D eigenvalue weighted by Gasteiger charge is -2.05. The molecule has 3 N–H and O–H groups in total. The van der Waals surface area contributed by atoms with Gasteiger partial charge in [0.25, 0.3) is 0 Å². The standard InChI is InChI=1S/C17H11ClF3N3O2S/c18-11-6-3-9(7-12(11)19)23-17-24-15(22)14(27-17)13(25)8-1-4-10(5-2-8)26-16(20)21/h1-7,16H,22H2,(H,23,24). The quantitative estimate of drug-likeness (QED) is 0.550. The van der Waals surface area contributed by atoms with Crippen LogP contribution in [0.4, 0.5) is 29.8 Å². The van der Waals surface area contributed by atoms with Gasteiger partial charge >= 0.3 is 6.61 Å². The molecule has 0 fully saturated rings. The Labute approximate surface area is 160 Å². The number of anilines is 3. The largest absolute Gasteiger partial charge is 0.435 e. The molecule has 3 rings (SSSR count). The first-order valence-electron chi connectivity index (χ1n) is 7.41. The number of thiazole rings is 1. The van der Waals surface area contributed by atoms with Crippen molar-refractivity contribution >= 4 is 45.4 Å². The Morgan fingerprint density at radius 1 is 1.22 bits per heavy atom. The van der Waals surface area contributed by atoms with Crippen LogP contribution < -0.4 is 15.8 Å². The van der Waals surface area contributed by atoms with Crippen molar-refractivity contribution in [1.29, 1.82) is 0 Å². The average Bonchev–Trinajstić information content (AvgIpc) is 2.98. The summed E-state index contributed by atoms with van der Waals surface area (Å²) in [5, 5.41) is 3.11. The van der Waals surface area contributed by atoms with Crippen LogP contribution in [0.5, 0.6) is 5.75 Å². The number of nitrogen functional groups attached to an aromatic ring is 1. The molecule has 5 nitrogen and oxygen atoms in total. The predicted octanol–water partition coefficient (Wildman–Crippen LogP) is 5.09. The number of aromatic nitrogens is 1. The molecule has 10 heteroatoms. The first kappa shape index (κ1) is 19.0. The zero-order valence-corrected chi connectivity index (χ0v) is 15.0. The highest BCUT2D eigenvalue weighted by Gasteiger charge is 2.18. The molecule has 0 saturated heterocycles. The molecule has 2 aromatic carbocycles. The van der Waals surface area contributed by atoms with Crippen LogP contribution >= 0.6 is 22.9 Å². The van der Waals surface area contributed by atoms with E-state index in [-0.39, 0.29) is 32.2 Å². The lowest BCUT2D eigenvalue weighted by Crippen LogP contribution is -2.04. The molecule has 0 saturated carbocycles. The summed E-state index contributed by atoms with van der Waals surface area (Å²) in [5.41, 5.74) is 6.42. The molecule has 27 heavy (non-hydrogen) atoms. The molecule has 0 radical (unpaired) electrons. The number of nitrogens with zero attached hydrogens (tertiary/aromatic N) is 1. The molecule has 0 aliphatic heterocycles. The summed E-state index contributed by atoms with van der Waals surface area (Å²) in [7, 11) is 0. The maximum absolute atomic E-state index is 13.5. The SMILES string of the molecule is Nc1nc(Nc2ccc(Cl)c(F)c2)sc1C(=O)c1ccc(OC(F)F)cc1. The number of nitrogens with two attached hydrogens (primary N) is 1. The third kappa shape index (κ3) is 4.50. The fraction of sp³-hybridized carbons (Fsp3) is 0.0588. The average molecular weight is 414 g/mol. The number of rotatable bonds is 6. The topological polar surface area (TPSA) is 77.2 Å². The van der Waals surface area contributed by atoms with Crippen molar-refractivity contribution in [2.75, 3.05) is 11.1 Å². The van der Waals surface area contributed by atoms with Crippen molar-refractivity contribution in [3.05, 3.63) is 63.7 Å². The van der Waals surface area contributed by atoms with Crippen LogP contribution in [0.25, 0.3) is 0 Å². The van der Waals surface area contributed by atoms with Gasteiger partial charge in [0.05, 0.1) is 5.02 Å². The molecule has 0 aliphatic rings. The van der Waals surface area contributed by atoms with Crippen molar-refractivity contribution in [1.82, 2.24) is 4.98 Å². The van der Waals surface area contributed by atoms with Gasteiger partial charge in [0.1, 0.15) is 22.3 Å². The van der Waals surface area contributed by atoms with E-state index in [0.29, 0.717) is 5.69 Å². The fourth-order valence-electron chi connectivity index (χ4n) is 2.16. The molecule has 0 aliphatic carbocycles. The summed E-state index contributed by atoms with van der Waals surface area (Å²) in [5.74, 6) is -1.10. The van der Waals surface area contributed by atoms with Crippen LogP contribution in [0.2, 0.25) is 5.02 Å².